The maximum absolute atomic E-state index is 11.4. The van der Waals surface area contributed by atoms with Gasteiger partial charge >= 0.3 is 0 Å². The molecule has 1 unspecified atom stereocenters. The first-order chi connectivity index (χ1) is 9.72. The fraction of sp³-hybridized carbons (Fsp3) is 0.471. The van der Waals surface area contributed by atoms with Gasteiger partial charge in [-0.1, -0.05) is 42.0 Å². The summed E-state index contributed by atoms with van der Waals surface area (Å²) in [6, 6.07) is 11.4. The zero-order chi connectivity index (χ0) is 13.9. The monoisotopic (exact) mass is 270 g/mol. The number of hydrogen-bond donors (Lipinski definition) is 2. The number of piperidine rings is 1. The van der Waals surface area contributed by atoms with Crippen LogP contribution in [-0.4, -0.2) is 24.5 Å². The molecule has 106 valence electrons. The van der Waals surface area contributed by atoms with Gasteiger partial charge in [0.2, 0.25) is 5.91 Å². The summed E-state index contributed by atoms with van der Waals surface area (Å²) in [6.45, 7) is 3.03. The Morgan fingerprint density at radius 2 is 2.15 bits per heavy atom. The number of rotatable bonds is 4. The summed E-state index contributed by atoms with van der Waals surface area (Å²) < 4.78 is 0. The number of amides is 1. The first kappa shape index (κ1) is 13.4. The molecule has 0 spiro atoms. The zero-order valence-corrected chi connectivity index (χ0v) is 11.9. The van der Waals surface area contributed by atoms with E-state index >= 15 is 0 Å². The van der Waals surface area contributed by atoms with Crippen LogP contribution in [0.5, 0.6) is 0 Å². The Balaban J connectivity index is 1.53. The lowest BCUT2D eigenvalue weighted by molar-refractivity contribution is -0.122. The molecule has 3 atom stereocenters. The van der Waals surface area contributed by atoms with Crippen LogP contribution in [0.1, 0.15) is 31.7 Å². The van der Waals surface area contributed by atoms with Crippen molar-refractivity contribution in [3.05, 3.63) is 41.5 Å². The smallest absolute Gasteiger partial charge is 0.221 e. The highest BCUT2D eigenvalue weighted by Crippen LogP contribution is 2.38. The molecule has 1 amide bonds. The molecule has 1 saturated carbocycles. The third kappa shape index (κ3) is 3.28. The van der Waals surface area contributed by atoms with Crippen LogP contribution < -0.4 is 10.6 Å². The number of hydrogen-bond acceptors (Lipinski definition) is 2. The minimum Gasteiger partial charge on any atom is -0.356 e. The maximum atomic E-state index is 11.4. The van der Waals surface area contributed by atoms with Gasteiger partial charge in [0, 0.05) is 25.0 Å². The lowest BCUT2D eigenvalue weighted by Gasteiger charge is -2.23. The fourth-order valence-corrected chi connectivity index (χ4v) is 3.03. The van der Waals surface area contributed by atoms with Gasteiger partial charge in [0.25, 0.3) is 0 Å². The molecule has 1 aliphatic carbocycles. The molecule has 0 radical (unpaired) electrons. The van der Waals surface area contributed by atoms with E-state index in [0.29, 0.717) is 24.4 Å². The summed E-state index contributed by atoms with van der Waals surface area (Å²) in [5.41, 5.74) is 2.71. The lowest BCUT2D eigenvalue weighted by atomic mass is 10.1. The standard InChI is InChI=1S/C17H22N2O/c1-12(9-13-5-3-2-4-6-13)15-11-16(15)19-14-7-8-18-17(20)10-14/h2-6,9,14-16,19H,7-8,10-11H2,1H3,(H,18,20)/b12-9+/t14?,15-,16+/m0/s1. The Hall–Kier alpha value is -1.61. The summed E-state index contributed by atoms with van der Waals surface area (Å²) in [7, 11) is 0. The first-order valence-corrected chi connectivity index (χ1v) is 7.48. The van der Waals surface area contributed by atoms with E-state index < -0.39 is 0 Å². The minimum absolute atomic E-state index is 0.183. The average Bonchev–Trinajstić information content (AvgIpc) is 3.19. The second-order valence-electron chi connectivity index (χ2n) is 5.95. The van der Waals surface area contributed by atoms with Gasteiger partial charge in [0.05, 0.1) is 0 Å². The van der Waals surface area contributed by atoms with Gasteiger partial charge in [-0.15, -0.1) is 0 Å². The lowest BCUT2D eigenvalue weighted by Crippen LogP contribution is -2.44. The van der Waals surface area contributed by atoms with Crippen LogP contribution in [0.25, 0.3) is 6.08 Å². The van der Waals surface area contributed by atoms with Crippen molar-refractivity contribution in [2.45, 2.75) is 38.3 Å². The zero-order valence-electron chi connectivity index (χ0n) is 11.9. The quantitative estimate of drug-likeness (QED) is 0.882. The fourth-order valence-electron chi connectivity index (χ4n) is 3.03. The van der Waals surface area contributed by atoms with Crippen LogP contribution in [0, 0.1) is 5.92 Å². The van der Waals surface area contributed by atoms with E-state index in [1.165, 1.54) is 17.6 Å². The number of carbonyl (C=O) groups is 1. The molecule has 2 aliphatic rings. The van der Waals surface area contributed by atoms with Crippen molar-refractivity contribution >= 4 is 12.0 Å². The molecule has 2 fully saturated rings. The maximum Gasteiger partial charge on any atom is 0.221 e. The van der Waals surface area contributed by atoms with Crippen molar-refractivity contribution in [1.82, 2.24) is 10.6 Å². The third-order valence-electron chi connectivity index (χ3n) is 4.27. The largest absolute Gasteiger partial charge is 0.356 e. The number of carbonyl (C=O) groups excluding carboxylic acids is 1. The van der Waals surface area contributed by atoms with Crippen molar-refractivity contribution in [2.24, 2.45) is 5.92 Å². The second kappa shape index (κ2) is 5.80. The van der Waals surface area contributed by atoms with Gasteiger partial charge in [0.1, 0.15) is 0 Å². The van der Waals surface area contributed by atoms with E-state index in [9.17, 15) is 4.79 Å². The van der Waals surface area contributed by atoms with Crippen LogP contribution in [0.2, 0.25) is 0 Å². The second-order valence-corrected chi connectivity index (χ2v) is 5.95. The van der Waals surface area contributed by atoms with Gasteiger partial charge in [-0.25, -0.2) is 0 Å². The van der Waals surface area contributed by atoms with Gasteiger partial charge in [0.15, 0.2) is 0 Å². The van der Waals surface area contributed by atoms with Gasteiger partial charge in [-0.3, -0.25) is 4.79 Å². The van der Waals surface area contributed by atoms with Crippen LogP contribution in [0.4, 0.5) is 0 Å². The Morgan fingerprint density at radius 3 is 2.90 bits per heavy atom. The average molecular weight is 270 g/mol. The van der Waals surface area contributed by atoms with E-state index in [0.717, 1.165) is 13.0 Å². The third-order valence-corrected chi connectivity index (χ3v) is 4.27. The van der Waals surface area contributed by atoms with Gasteiger partial charge in [-0.05, 0) is 31.2 Å². The predicted octanol–water partition coefficient (Wildman–Crippen LogP) is 2.35. The Bertz CT molecular complexity index is 509. The van der Waals surface area contributed by atoms with Crippen molar-refractivity contribution in [1.29, 1.82) is 0 Å². The summed E-state index contributed by atoms with van der Waals surface area (Å²) in [6.07, 6.45) is 5.16. The van der Waals surface area contributed by atoms with E-state index in [1.54, 1.807) is 0 Å². The van der Waals surface area contributed by atoms with Crippen molar-refractivity contribution in [2.75, 3.05) is 6.54 Å². The molecule has 3 heteroatoms. The van der Waals surface area contributed by atoms with Crippen LogP contribution in [0.15, 0.2) is 35.9 Å². The molecule has 0 aromatic heterocycles. The van der Waals surface area contributed by atoms with Crippen LogP contribution in [-0.2, 0) is 4.79 Å². The van der Waals surface area contributed by atoms with E-state index in [1.807, 2.05) is 6.07 Å². The molecule has 1 saturated heterocycles. The van der Waals surface area contributed by atoms with Gasteiger partial charge in [-0.2, -0.15) is 0 Å². The normalized spacial score (nSPS) is 29.9. The number of nitrogens with one attached hydrogen (secondary N) is 2. The summed E-state index contributed by atoms with van der Waals surface area (Å²) in [5, 5.41) is 6.52. The first-order valence-electron chi connectivity index (χ1n) is 7.48. The van der Waals surface area contributed by atoms with E-state index in [2.05, 4.69) is 47.9 Å². The van der Waals surface area contributed by atoms with Crippen LogP contribution >= 0.6 is 0 Å². The topological polar surface area (TPSA) is 41.1 Å². The molecule has 3 rings (SSSR count). The Morgan fingerprint density at radius 1 is 1.35 bits per heavy atom. The molecule has 20 heavy (non-hydrogen) atoms. The molecule has 3 nitrogen and oxygen atoms in total. The SMILES string of the molecule is C/C(=C\c1ccccc1)[C@@H]1C[C@H]1NC1CCNC(=O)C1. The molecular weight excluding hydrogens is 248 g/mol. The highest BCUT2D eigenvalue weighted by molar-refractivity contribution is 5.77. The highest BCUT2D eigenvalue weighted by atomic mass is 16.1. The highest BCUT2D eigenvalue weighted by Gasteiger charge is 2.39. The molecule has 1 aliphatic heterocycles. The number of benzene rings is 1. The molecule has 1 aromatic carbocycles. The molecule has 0 bridgehead atoms. The van der Waals surface area contributed by atoms with Crippen molar-refractivity contribution in [3.63, 3.8) is 0 Å². The van der Waals surface area contributed by atoms with Crippen molar-refractivity contribution < 1.29 is 4.79 Å². The summed E-state index contributed by atoms with van der Waals surface area (Å²) >= 11 is 0. The summed E-state index contributed by atoms with van der Waals surface area (Å²) in [4.78, 5) is 11.4. The molecular formula is C17H22N2O. The molecule has 1 heterocycles. The predicted molar refractivity (Wildman–Crippen MR) is 81.2 cm³/mol. The van der Waals surface area contributed by atoms with Crippen LogP contribution in [0.3, 0.4) is 0 Å². The minimum atomic E-state index is 0.183. The molecule has 2 N–H and O–H groups in total. The van der Waals surface area contributed by atoms with Gasteiger partial charge < -0.3 is 10.6 Å². The summed E-state index contributed by atoms with van der Waals surface area (Å²) in [5.74, 6) is 0.822. The Labute approximate surface area is 120 Å². The molecule has 1 aromatic rings. The van der Waals surface area contributed by atoms with E-state index in [-0.39, 0.29) is 5.91 Å². The van der Waals surface area contributed by atoms with E-state index in [4.69, 9.17) is 0 Å². The van der Waals surface area contributed by atoms with Crippen molar-refractivity contribution in [3.8, 4) is 0 Å². The Kier molecular flexibility index (Phi) is 3.88.